The highest BCUT2D eigenvalue weighted by molar-refractivity contribution is 5.32. The average molecular weight is 180 g/mol. The molecular formula is C11H13FO. The first-order chi connectivity index (χ1) is 6.18. The third kappa shape index (κ3) is 1.46. The van der Waals surface area contributed by atoms with Crippen LogP contribution in [0.2, 0.25) is 0 Å². The highest BCUT2D eigenvalue weighted by atomic mass is 19.1. The molecule has 0 radical (unpaired) electrons. The molecule has 0 spiro atoms. The smallest absolute Gasteiger partial charge is 0.123 e. The van der Waals surface area contributed by atoms with Gasteiger partial charge in [0, 0.05) is 5.92 Å². The third-order valence-electron chi connectivity index (χ3n) is 2.88. The van der Waals surface area contributed by atoms with Crippen LogP contribution in [0.1, 0.15) is 29.9 Å². The Morgan fingerprint density at radius 3 is 2.69 bits per heavy atom. The normalized spacial score (nSPS) is 27.0. The van der Waals surface area contributed by atoms with E-state index < -0.39 is 0 Å². The molecule has 2 heteroatoms. The van der Waals surface area contributed by atoms with Gasteiger partial charge in [0.2, 0.25) is 0 Å². The molecule has 1 fully saturated rings. The second-order valence-electron chi connectivity index (χ2n) is 3.75. The summed E-state index contributed by atoms with van der Waals surface area (Å²) >= 11 is 0. The maximum atomic E-state index is 12.9. The van der Waals surface area contributed by atoms with Crippen LogP contribution in [-0.2, 0) is 0 Å². The van der Waals surface area contributed by atoms with Crippen molar-refractivity contribution in [1.82, 2.24) is 0 Å². The molecule has 1 aliphatic carbocycles. The molecule has 2 unspecified atom stereocenters. The summed E-state index contributed by atoms with van der Waals surface area (Å²) in [6.07, 6.45) is 1.56. The molecular weight excluding hydrogens is 167 g/mol. The molecule has 2 rings (SSSR count). The van der Waals surface area contributed by atoms with Gasteiger partial charge >= 0.3 is 0 Å². The predicted octanol–water partition coefficient (Wildman–Crippen LogP) is 2.37. The maximum absolute atomic E-state index is 12.9. The van der Waals surface area contributed by atoms with Crippen molar-refractivity contribution in [2.24, 2.45) is 0 Å². The lowest BCUT2D eigenvalue weighted by Gasteiger charge is -2.33. The molecule has 1 saturated carbocycles. The summed E-state index contributed by atoms with van der Waals surface area (Å²) in [6, 6.07) is 4.78. The highest BCUT2D eigenvalue weighted by Crippen LogP contribution is 2.38. The lowest BCUT2D eigenvalue weighted by molar-refractivity contribution is 0.0657. The van der Waals surface area contributed by atoms with E-state index in [1.807, 2.05) is 6.92 Å². The fourth-order valence-corrected chi connectivity index (χ4v) is 1.86. The second kappa shape index (κ2) is 3.11. The summed E-state index contributed by atoms with van der Waals surface area (Å²) in [5.41, 5.74) is 2.05. The first kappa shape index (κ1) is 8.70. The van der Waals surface area contributed by atoms with Crippen molar-refractivity contribution in [1.29, 1.82) is 0 Å². The van der Waals surface area contributed by atoms with E-state index in [9.17, 15) is 9.50 Å². The quantitative estimate of drug-likeness (QED) is 0.703. The van der Waals surface area contributed by atoms with E-state index in [0.29, 0.717) is 0 Å². The lowest BCUT2D eigenvalue weighted by Crippen LogP contribution is -2.29. The van der Waals surface area contributed by atoms with E-state index in [1.54, 1.807) is 12.1 Å². The van der Waals surface area contributed by atoms with Gasteiger partial charge in [-0.05, 0) is 43.0 Å². The largest absolute Gasteiger partial charge is 0.392 e. The Labute approximate surface area is 77.2 Å². The molecule has 1 aliphatic rings. The highest BCUT2D eigenvalue weighted by Gasteiger charge is 2.31. The van der Waals surface area contributed by atoms with E-state index in [4.69, 9.17) is 0 Å². The molecule has 1 N–H and O–H groups in total. The number of aliphatic hydroxyl groups is 1. The maximum Gasteiger partial charge on any atom is 0.123 e. The molecule has 0 amide bonds. The lowest BCUT2D eigenvalue weighted by atomic mass is 9.76. The van der Waals surface area contributed by atoms with Crippen LogP contribution in [0, 0.1) is 12.7 Å². The van der Waals surface area contributed by atoms with Crippen LogP contribution >= 0.6 is 0 Å². The number of benzene rings is 1. The van der Waals surface area contributed by atoms with E-state index in [1.165, 1.54) is 6.07 Å². The van der Waals surface area contributed by atoms with Crippen LogP contribution in [0.25, 0.3) is 0 Å². The number of aryl methyl sites for hydroxylation is 1. The number of hydrogen-bond donors (Lipinski definition) is 1. The minimum atomic E-state index is -0.263. The zero-order valence-corrected chi connectivity index (χ0v) is 7.63. The molecule has 1 nitrogen and oxygen atoms in total. The molecule has 0 saturated heterocycles. The standard InChI is InChI=1S/C11H13FO/c1-7-2-3-8(12)6-10(7)9-4-5-11(9)13/h2-3,6,9,11,13H,4-5H2,1H3. The Hall–Kier alpha value is -0.890. The summed E-state index contributed by atoms with van der Waals surface area (Å²) in [6.45, 7) is 1.96. The average Bonchev–Trinajstić information content (AvgIpc) is 2.09. The van der Waals surface area contributed by atoms with Crippen LogP contribution in [0.3, 0.4) is 0 Å². The Kier molecular flexibility index (Phi) is 2.08. The second-order valence-corrected chi connectivity index (χ2v) is 3.75. The fraction of sp³-hybridized carbons (Fsp3) is 0.455. The van der Waals surface area contributed by atoms with Gasteiger partial charge < -0.3 is 5.11 Å². The minimum absolute atomic E-state index is 0.163. The number of rotatable bonds is 1. The predicted molar refractivity (Wildman–Crippen MR) is 49.1 cm³/mol. The summed E-state index contributed by atoms with van der Waals surface area (Å²) in [7, 11) is 0. The van der Waals surface area contributed by atoms with Crippen molar-refractivity contribution in [3.05, 3.63) is 35.1 Å². The van der Waals surface area contributed by atoms with Gasteiger partial charge in [-0.2, -0.15) is 0 Å². The van der Waals surface area contributed by atoms with Crippen molar-refractivity contribution in [3.8, 4) is 0 Å². The van der Waals surface area contributed by atoms with Crippen molar-refractivity contribution < 1.29 is 9.50 Å². The molecule has 1 aromatic carbocycles. The van der Waals surface area contributed by atoms with Gasteiger partial charge in [-0.25, -0.2) is 4.39 Å². The Morgan fingerprint density at radius 2 is 2.15 bits per heavy atom. The van der Waals surface area contributed by atoms with Gasteiger partial charge in [-0.3, -0.25) is 0 Å². The minimum Gasteiger partial charge on any atom is -0.392 e. The molecule has 13 heavy (non-hydrogen) atoms. The molecule has 2 atom stereocenters. The topological polar surface area (TPSA) is 20.2 Å². The number of hydrogen-bond acceptors (Lipinski definition) is 1. The number of aliphatic hydroxyl groups excluding tert-OH is 1. The van der Waals surface area contributed by atoms with Crippen LogP contribution in [0.15, 0.2) is 18.2 Å². The van der Waals surface area contributed by atoms with Gasteiger partial charge in [0.05, 0.1) is 6.10 Å². The molecule has 0 heterocycles. The summed E-state index contributed by atoms with van der Waals surface area (Å²) < 4.78 is 12.9. The Morgan fingerprint density at radius 1 is 1.38 bits per heavy atom. The van der Waals surface area contributed by atoms with Crippen LogP contribution in [0.5, 0.6) is 0 Å². The summed E-state index contributed by atoms with van der Waals surface area (Å²) in [4.78, 5) is 0. The molecule has 70 valence electrons. The first-order valence-electron chi connectivity index (χ1n) is 4.62. The van der Waals surface area contributed by atoms with Gasteiger partial charge in [0.1, 0.15) is 5.82 Å². The monoisotopic (exact) mass is 180 g/mol. The van der Waals surface area contributed by atoms with Crippen LogP contribution in [0.4, 0.5) is 4.39 Å². The molecule has 0 aliphatic heterocycles. The van der Waals surface area contributed by atoms with Crippen molar-refractivity contribution in [2.75, 3.05) is 0 Å². The number of halogens is 1. The van der Waals surface area contributed by atoms with E-state index in [2.05, 4.69) is 0 Å². The van der Waals surface area contributed by atoms with Gasteiger partial charge in [-0.15, -0.1) is 0 Å². The first-order valence-corrected chi connectivity index (χ1v) is 4.62. The van der Waals surface area contributed by atoms with E-state index in [0.717, 1.165) is 24.0 Å². The molecule has 0 aromatic heterocycles. The van der Waals surface area contributed by atoms with Gasteiger partial charge in [0.25, 0.3) is 0 Å². The Balaban J connectivity index is 2.33. The fourth-order valence-electron chi connectivity index (χ4n) is 1.86. The van der Waals surface area contributed by atoms with Crippen molar-refractivity contribution in [3.63, 3.8) is 0 Å². The van der Waals surface area contributed by atoms with E-state index >= 15 is 0 Å². The van der Waals surface area contributed by atoms with Crippen LogP contribution in [-0.4, -0.2) is 11.2 Å². The van der Waals surface area contributed by atoms with Crippen LogP contribution < -0.4 is 0 Å². The molecule has 1 aromatic rings. The third-order valence-corrected chi connectivity index (χ3v) is 2.88. The SMILES string of the molecule is Cc1ccc(F)cc1C1CCC1O. The Bertz CT molecular complexity index is 322. The van der Waals surface area contributed by atoms with Gasteiger partial charge in [-0.1, -0.05) is 6.07 Å². The molecule has 0 bridgehead atoms. The zero-order chi connectivity index (χ0) is 9.42. The summed E-state index contributed by atoms with van der Waals surface area (Å²) in [5.74, 6) is -0.0459. The van der Waals surface area contributed by atoms with E-state index in [-0.39, 0.29) is 17.8 Å². The van der Waals surface area contributed by atoms with Crippen molar-refractivity contribution >= 4 is 0 Å². The zero-order valence-electron chi connectivity index (χ0n) is 7.63. The summed E-state index contributed by atoms with van der Waals surface area (Å²) in [5, 5.41) is 9.45. The van der Waals surface area contributed by atoms with Crippen molar-refractivity contribution in [2.45, 2.75) is 31.8 Å². The van der Waals surface area contributed by atoms with Gasteiger partial charge in [0.15, 0.2) is 0 Å².